The zero-order valence-corrected chi connectivity index (χ0v) is 11.5. The number of fused-ring (bicyclic) bond motifs is 5. The third kappa shape index (κ3) is 1.80. The Morgan fingerprint density at radius 3 is 3.21 bits per heavy atom. The number of hydrogen-bond acceptors (Lipinski definition) is 4. The Labute approximate surface area is 116 Å². The van der Waals surface area contributed by atoms with Crippen LogP contribution in [0.15, 0.2) is 24.3 Å². The fraction of sp³-hybridized carbons (Fsp3) is 0.429. The highest BCUT2D eigenvalue weighted by molar-refractivity contribution is 7.99. The maximum atomic E-state index is 6.36. The number of nitrogens with two attached hydrogens (primary N) is 1. The second-order valence-electron chi connectivity index (χ2n) is 5.18. The van der Waals surface area contributed by atoms with Crippen molar-refractivity contribution >= 4 is 22.7 Å². The monoisotopic (exact) mass is 275 g/mol. The molecule has 0 bridgehead atoms. The lowest BCUT2D eigenvalue weighted by Crippen LogP contribution is -2.44. The summed E-state index contributed by atoms with van der Waals surface area (Å²) in [6, 6.07) is 8.77. The number of aromatic nitrogens is 1. The normalized spacial score (nSPS) is 27.8. The van der Waals surface area contributed by atoms with Crippen molar-refractivity contribution in [3.63, 3.8) is 0 Å². The van der Waals surface area contributed by atoms with Crippen LogP contribution in [-0.2, 0) is 11.3 Å². The number of hydroxylamine groups is 2. The fourth-order valence-corrected chi connectivity index (χ4v) is 3.96. The van der Waals surface area contributed by atoms with Gasteiger partial charge in [0, 0.05) is 34.9 Å². The summed E-state index contributed by atoms with van der Waals surface area (Å²) in [6.07, 6.45) is 1.02. The van der Waals surface area contributed by atoms with Crippen molar-refractivity contribution in [2.24, 2.45) is 5.73 Å². The molecular weight excluding hydrogens is 258 g/mol. The van der Waals surface area contributed by atoms with E-state index in [-0.39, 0.29) is 12.1 Å². The fourth-order valence-electron chi connectivity index (χ4n) is 3.20. The Bertz CT molecular complexity index is 612. The first-order valence-electron chi connectivity index (χ1n) is 6.67. The first-order valence-corrected chi connectivity index (χ1v) is 7.82. The van der Waals surface area contributed by atoms with Crippen molar-refractivity contribution in [3.8, 4) is 0 Å². The third-order valence-electron chi connectivity index (χ3n) is 4.05. The van der Waals surface area contributed by atoms with Crippen molar-refractivity contribution in [2.75, 3.05) is 18.2 Å². The number of para-hydroxylation sites is 1. The van der Waals surface area contributed by atoms with Crippen LogP contribution in [0, 0.1) is 0 Å². The Morgan fingerprint density at radius 1 is 1.37 bits per heavy atom. The maximum Gasteiger partial charge on any atom is 0.114 e. The molecule has 0 saturated carbocycles. The first kappa shape index (κ1) is 11.8. The molecule has 2 aliphatic heterocycles. The topological polar surface area (TPSA) is 54.3 Å². The van der Waals surface area contributed by atoms with Crippen LogP contribution in [-0.4, -0.2) is 34.3 Å². The zero-order chi connectivity index (χ0) is 12.8. The molecule has 19 heavy (non-hydrogen) atoms. The number of nitrogens with one attached hydrogen (secondary N) is 1. The highest BCUT2D eigenvalue weighted by Gasteiger charge is 2.36. The van der Waals surface area contributed by atoms with Crippen LogP contribution in [0.2, 0.25) is 0 Å². The van der Waals surface area contributed by atoms with Gasteiger partial charge in [0.25, 0.3) is 0 Å². The summed E-state index contributed by atoms with van der Waals surface area (Å²) < 4.78 is 0. The lowest BCUT2D eigenvalue weighted by atomic mass is 9.95. The van der Waals surface area contributed by atoms with E-state index in [1.54, 1.807) is 11.8 Å². The summed E-state index contributed by atoms with van der Waals surface area (Å²) in [5.41, 5.74) is 10.2. The lowest BCUT2D eigenvalue weighted by molar-refractivity contribution is -0.175. The summed E-state index contributed by atoms with van der Waals surface area (Å²) >= 11 is 1.77. The minimum Gasteiger partial charge on any atom is -0.357 e. The molecular formula is C14H17N3OS. The van der Waals surface area contributed by atoms with Crippen molar-refractivity contribution in [3.05, 3.63) is 35.5 Å². The number of hydrogen-bond donors (Lipinski definition) is 2. The van der Waals surface area contributed by atoms with Crippen LogP contribution in [0.25, 0.3) is 10.9 Å². The summed E-state index contributed by atoms with van der Waals surface area (Å²) in [5, 5.41) is 3.41. The van der Waals surface area contributed by atoms with E-state index < -0.39 is 0 Å². The Balaban J connectivity index is 1.88. The maximum absolute atomic E-state index is 6.36. The molecule has 1 saturated heterocycles. The molecule has 0 unspecified atom stereocenters. The van der Waals surface area contributed by atoms with Crippen LogP contribution in [0.1, 0.15) is 17.3 Å². The number of benzene rings is 1. The number of H-pyrrole nitrogens is 1. The van der Waals surface area contributed by atoms with Gasteiger partial charge in [0.05, 0.1) is 6.04 Å². The molecule has 2 aliphatic rings. The molecule has 3 N–H and O–H groups in total. The Morgan fingerprint density at radius 2 is 2.26 bits per heavy atom. The molecule has 2 atom stereocenters. The quantitative estimate of drug-likeness (QED) is 0.772. The number of thioether (sulfide) groups is 1. The molecule has 4 nitrogen and oxygen atoms in total. The molecule has 3 heterocycles. The van der Waals surface area contributed by atoms with E-state index in [9.17, 15) is 0 Å². The minimum atomic E-state index is 0.111. The summed E-state index contributed by atoms with van der Waals surface area (Å²) in [6.45, 7) is 0.924. The van der Waals surface area contributed by atoms with E-state index in [4.69, 9.17) is 10.6 Å². The van der Waals surface area contributed by atoms with E-state index in [2.05, 4.69) is 34.3 Å². The molecule has 5 heteroatoms. The van der Waals surface area contributed by atoms with Crippen molar-refractivity contribution in [2.45, 2.75) is 18.5 Å². The predicted molar refractivity (Wildman–Crippen MR) is 77.8 cm³/mol. The Hall–Kier alpha value is -1.01. The number of rotatable bonds is 0. The van der Waals surface area contributed by atoms with Gasteiger partial charge in [-0.25, -0.2) is 0 Å². The summed E-state index contributed by atoms with van der Waals surface area (Å²) in [5.74, 6) is 1.65. The van der Waals surface area contributed by atoms with Crippen LogP contribution in [0.3, 0.4) is 0 Å². The molecule has 2 aromatic rings. The Kier molecular flexibility index (Phi) is 2.81. The van der Waals surface area contributed by atoms with E-state index in [0.29, 0.717) is 5.94 Å². The second kappa shape index (κ2) is 4.52. The van der Waals surface area contributed by atoms with Gasteiger partial charge in [0.1, 0.15) is 5.94 Å². The average molecular weight is 275 g/mol. The van der Waals surface area contributed by atoms with Crippen LogP contribution in [0.5, 0.6) is 0 Å². The van der Waals surface area contributed by atoms with E-state index >= 15 is 0 Å². The van der Waals surface area contributed by atoms with Crippen molar-refractivity contribution in [1.82, 2.24) is 10.0 Å². The van der Waals surface area contributed by atoms with Gasteiger partial charge < -0.3 is 10.7 Å². The van der Waals surface area contributed by atoms with Crippen molar-refractivity contribution < 1.29 is 4.84 Å². The SMILES string of the molecule is N[C@H]1CSCON2CCc3c([nH]c4ccccc34)[C@@H]12. The number of aromatic amines is 1. The second-order valence-corrected chi connectivity index (χ2v) is 6.16. The van der Waals surface area contributed by atoms with Gasteiger partial charge in [-0.15, -0.1) is 11.8 Å². The molecule has 0 aliphatic carbocycles. The lowest BCUT2D eigenvalue weighted by Gasteiger charge is -2.35. The smallest absolute Gasteiger partial charge is 0.114 e. The third-order valence-corrected chi connectivity index (χ3v) is 4.95. The van der Waals surface area contributed by atoms with Gasteiger partial charge in [0.2, 0.25) is 0 Å². The van der Waals surface area contributed by atoms with Gasteiger partial charge in [-0.05, 0) is 18.1 Å². The molecule has 1 fully saturated rings. The molecule has 0 amide bonds. The summed E-state index contributed by atoms with van der Waals surface area (Å²) in [7, 11) is 0. The molecule has 100 valence electrons. The summed E-state index contributed by atoms with van der Waals surface area (Å²) in [4.78, 5) is 9.39. The molecule has 0 spiro atoms. The van der Waals surface area contributed by atoms with Gasteiger partial charge in [-0.1, -0.05) is 18.2 Å². The van der Waals surface area contributed by atoms with E-state index in [1.807, 2.05) is 0 Å². The highest BCUT2D eigenvalue weighted by Crippen LogP contribution is 2.38. The van der Waals surface area contributed by atoms with Crippen LogP contribution in [0.4, 0.5) is 0 Å². The first-order chi connectivity index (χ1) is 9.34. The predicted octanol–water partition coefficient (Wildman–Crippen LogP) is 2.03. The van der Waals surface area contributed by atoms with Gasteiger partial charge in [-0.3, -0.25) is 4.84 Å². The van der Waals surface area contributed by atoms with Gasteiger partial charge in [0.15, 0.2) is 0 Å². The minimum absolute atomic E-state index is 0.111. The largest absolute Gasteiger partial charge is 0.357 e. The zero-order valence-electron chi connectivity index (χ0n) is 10.6. The number of nitrogens with zero attached hydrogens (tertiary/aromatic N) is 1. The molecule has 0 radical (unpaired) electrons. The van der Waals surface area contributed by atoms with E-state index in [0.717, 1.165) is 18.7 Å². The van der Waals surface area contributed by atoms with Crippen LogP contribution >= 0.6 is 11.8 Å². The molecule has 1 aromatic heterocycles. The van der Waals surface area contributed by atoms with E-state index in [1.165, 1.54) is 22.2 Å². The highest BCUT2D eigenvalue weighted by atomic mass is 32.2. The molecule has 1 aromatic carbocycles. The standard InChI is InChI=1S/C14H17N3OS/c15-11-7-19-8-18-17-6-5-10-9-3-1-2-4-12(9)16-13(10)14(11)17/h1-4,11,14,16H,5-8,15H2/t11-,14+/m0/s1. The molecule has 4 rings (SSSR count). The van der Waals surface area contributed by atoms with Crippen molar-refractivity contribution in [1.29, 1.82) is 0 Å². The van der Waals surface area contributed by atoms with Gasteiger partial charge in [-0.2, -0.15) is 5.06 Å². The average Bonchev–Trinajstić information content (AvgIpc) is 2.70. The van der Waals surface area contributed by atoms with Gasteiger partial charge >= 0.3 is 0 Å². The van der Waals surface area contributed by atoms with Crippen LogP contribution < -0.4 is 5.73 Å².